The monoisotopic (exact) mass is 163 g/mol. The van der Waals surface area contributed by atoms with E-state index in [0.29, 0.717) is 0 Å². The second-order valence-electron chi connectivity index (χ2n) is 2.01. The number of rotatable bonds is 5. The van der Waals surface area contributed by atoms with Crippen molar-refractivity contribution in [2.24, 2.45) is 0 Å². The predicted molar refractivity (Wildman–Crippen MR) is 43.5 cm³/mol. The van der Waals surface area contributed by atoms with Gasteiger partial charge in [0.1, 0.15) is 6.04 Å². The number of thioether (sulfide) groups is 1. The molecular formula is C6H13NO2S. The number of hydrogen-bond donors (Lipinski definition) is 2. The molecule has 4 heteroatoms. The van der Waals surface area contributed by atoms with Gasteiger partial charge < -0.3 is 10.4 Å². The van der Waals surface area contributed by atoms with Gasteiger partial charge in [0.25, 0.3) is 0 Å². The Bertz CT molecular complexity index is 108. The van der Waals surface area contributed by atoms with Crippen molar-refractivity contribution in [3.63, 3.8) is 0 Å². The molecule has 0 saturated heterocycles. The summed E-state index contributed by atoms with van der Waals surface area (Å²) in [4.78, 5) is 10.2. The molecule has 60 valence electrons. The summed E-state index contributed by atoms with van der Waals surface area (Å²) in [5, 5.41) is 11.3. The van der Waals surface area contributed by atoms with Gasteiger partial charge in [0.15, 0.2) is 0 Å². The molecule has 0 aliphatic rings. The van der Waals surface area contributed by atoms with Crippen molar-refractivity contribution >= 4 is 17.7 Å². The fourth-order valence-corrected chi connectivity index (χ4v) is 0.787. The maximum absolute atomic E-state index is 10.2. The summed E-state index contributed by atoms with van der Waals surface area (Å²) in [5.41, 5.74) is 0. The normalized spacial score (nSPS) is 13.0. The minimum atomic E-state index is -0.791. The minimum Gasteiger partial charge on any atom is -0.480 e. The van der Waals surface area contributed by atoms with E-state index in [1.165, 1.54) is 0 Å². The fraction of sp³-hybridized carbons (Fsp3) is 0.833. The van der Waals surface area contributed by atoms with E-state index in [4.69, 9.17) is 5.11 Å². The highest BCUT2D eigenvalue weighted by Crippen LogP contribution is 1.88. The summed E-state index contributed by atoms with van der Waals surface area (Å²) in [6, 6.07) is -0.424. The summed E-state index contributed by atoms with van der Waals surface area (Å²) in [6.07, 6.45) is 1.99. The standard InChI is InChI=1S/C6H13NO2S/c1-5(6(8)9)7-3-4-10-2/h5,7H,3-4H2,1-2H3,(H,8,9)/t5-/m1/s1. The molecule has 0 aliphatic heterocycles. The highest BCUT2D eigenvalue weighted by atomic mass is 32.2. The van der Waals surface area contributed by atoms with Crippen LogP contribution in [0.1, 0.15) is 6.92 Å². The smallest absolute Gasteiger partial charge is 0.320 e. The van der Waals surface area contributed by atoms with Crippen LogP contribution in [0.4, 0.5) is 0 Å². The Kier molecular flexibility index (Phi) is 5.43. The summed E-state index contributed by atoms with van der Waals surface area (Å²) in [7, 11) is 0. The van der Waals surface area contributed by atoms with Crippen LogP contribution < -0.4 is 5.32 Å². The third kappa shape index (κ3) is 4.64. The molecule has 0 spiro atoms. The Morgan fingerprint density at radius 2 is 2.40 bits per heavy atom. The third-order valence-corrected chi connectivity index (χ3v) is 1.74. The molecule has 0 aromatic rings. The highest BCUT2D eigenvalue weighted by Gasteiger charge is 2.07. The van der Waals surface area contributed by atoms with Crippen molar-refractivity contribution in [3.8, 4) is 0 Å². The van der Waals surface area contributed by atoms with Gasteiger partial charge in [-0.05, 0) is 13.2 Å². The van der Waals surface area contributed by atoms with E-state index < -0.39 is 12.0 Å². The van der Waals surface area contributed by atoms with Crippen LogP contribution in [0.15, 0.2) is 0 Å². The molecule has 0 heterocycles. The lowest BCUT2D eigenvalue weighted by atomic mass is 10.3. The summed E-state index contributed by atoms with van der Waals surface area (Å²) in [5.74, 6) is 0.165. The van der Waals surface area contributed by atoms with Crippen LogP contribution in [-0.4, -0.2) is 35.7 Å². The summed E-state index contributed by atoms with van der Waals surface area (Å²) in [6.45, 7) is 2.40. The van der Waals surface area contributed by atoms with Gasteiger partial charge in [0, 0.05) is 12.3 Å². The molecule has 3 nitrogen and oxygen atoms in total. The van der Waals surface area contributed by atoms with Crippen LogP contribution in [0.25, 0.3) is 0 Å². The van der Waals surface area contributed by atoms with Gasteiger partial charge in [-0.3, -0.25) is 4.79 Å². The zero-order valence-electron chi connectivity index (χ0n) is 6.26. The van der Waals surface area contributed by atoms with Gasteiger partial charge >= 0.3 is 5.97 Å². The fourth-order valence-electron chi connectivity index (χ4n) is 0.465. The molecular weight excluding hydrogens is 150 g/mol. The maximum atomic E-state index is 10.2. The first kappa shape index (κ1) is 9.78. The third-order valence-electron chi connectivity index (χ3n) is 1.13. The van der Waals surface area contributed by atoms with E-state index in [9.17, 15) is 4.79 Å². The Morgan fingerprint density at radius 1 is 1.80 bits per heavy atom. The lowest BCUT2D eigenvalue weighted by Gasteiger charge is -2.06. The Labute approximate surface area is 65.2 Å². The van der Waals surface area contributed by atoms with Crippen molar-refractivity contribution in [3.05, 3.63) is 0 Å². The van der Waals surface area contributed by atoms with Crippen molar-refractivity contribution in [2.45, 2.75) is 13.0 Å². The highest BCUT2D eigenvalue weighted by molar-refractivity contribution is 7.98. The molecule has 0 fully saturated rings. The van der Waals surface area contributed by atoms with Crippen LogP contribution in [0.5, 0.6) is 0 Å². The number of carboxylic acid groups (broad SMARTS) is 1. The molecule has 0 aromatic heterocycles. The number of hydrogen-bond acceptors (Lipinski definition) is 3. The van der Waals surface area contributed by atoms with Crippen molar-refractivity contribution < 1.29 is 9.90 Å². The molecule has 0 aromatic carbocycles. The first-order chi connectivity index (χ1) is 4.68. The van der Waals surface area contributed by atoms with Gasteiger partial charge in [-0.2, -0.15) is 11.8 Å². The number of aliphatic carboxylic acids is 1. The van der Waals surface area contributed by atoms with Crippen molar-refractivity contribution in [2.75, 3.05) is 18.6 Å². The van der Waals surface area contributed by atoms with Crippen LogP contribution in [0.2, 0.25) is 0 Å². The van der Waals surface area contributed by atoms with Crippen LogP contribution >= 0.6 is 11.8 Å². The van der Waals surface area contributed by atoms with Crippen molar-refractivity contribution in [1.29, 1.82) is 0 Å². The SMILES string of the molecule is CSCCN[C@H](C)C(=O)O. The van der Waals surface area contributed by atoms with Crippen LogP contribution in [0.3, 0.4) is 0 Å². The topological polar surface area (TPSA) is 49.3 Å². The van der Waals surface area contributed by atoms with Gasteiger partial charge in [-0.1, -0.05) is 0 Å². The molecule has 1 atom stereocenters. The number of nitrogens with one attached hydrogen (secondary N) is 1. The molecule has 0 bridgehead atoms. The number of carboxylic acids is 1. The second-order valence-corrected chi connectivity index (χ2v) is 2.99. The minimum absolute atomic E-state index is 0.424. The molecule has 0 unspecified atom stereocenters. The summed E-state index contributed by atoms with van der Waals surface area (Å²) < 4.78 is 0. The average molecular weight is 163 g/mol. The maximum Gasteiger partial charge on any atom is 0.320 e. The van der Waals surface area contributed by atoms with E-state index in [1.807, 2.05) is 6.26 Å². The number of carbonyl (C=O) groups is 1. The predicted octanol–water partition coefficient (Wildman–Crippen LogP) is 0.412. The first-order valence-corrected chi connectivity index (χ1v) is 4.53. The van der Waals surface area contributed by atoms with Gasteiger partial charge in [-0.25, -0.2) is 0 Å². The quantitative estimate of drug-likeness (QED) is 0.576. The zero-order valence-corrected chi connectivity index (χ0v) is 7.07. The lowest BCUT2D eigenvalue weighted by Crippen LogP contribution is -2.34. The Balaban J connectivity index is 3.21. The molecule has 0 radical (unpaired) electrons. The largest absolute Gasteiger partial charge is 0.480 e. The second kappa shape index (κ2) is 5.56. The molecule has 0 rings (SSSR count). The Morgan fingerprint density at radius 3 is 2.80 bits per heavy atom. The van der Waals surface area contributed by atoms with E-state index in [1.54, 1.807) is 18.7 Å². The lowest BCUT2D eigenvalue weighted by molar-refractivity contribution is -0.138. The van der Waals surface area contributed by atoms with Crippen LogP contribution in [-0.2, 0) is 4.79 Å². The molecule has 0 amide bonds. The van der Waals surface area contributed by atoms with E-state index in [2.05, 4.69) is 5.32 Å². The van der Waals surface area contributed by atoms with Gasteiger partial charge in [0.05, 0.1) is 0 Å². The van der Waals surface area contributed by atoms with E-state index >= 15 is 0 Å². The Hall–Kier alpha value is -0.220. The summed E-state index contributed by atoms with van der Waals surface area (Å²) >= 11 is 1.70. The van der Waals surface area contributed by atoms with E-state index in [-0.39, 0.29) is 0 Å². The first-order valence-electron chi connectivity index (χ1n) is 3.13. The molecule has 0 saturated carbocycles. The van der Waals surface area contributed by atoms with Crippen LogP contribution in [0, 0.1) is 0 Å². The zero-order chi connectivity index (χ0) is 7.98. The molecule has 0 aliphatic carbocycles. The van der Waals surface area contributed by atoms with Crippen molar-refractivity contribution in [1.82, 2.24) is 5.32 Å². The van der Waals surface area contributed by atoms with Gasteiger partial charge in [0.2, 0.25) is 0 Å². The molecule has 10 heavy (non-hydrogen) atoms. The van der Waals surface area contributed by atoms with E-state index in [0.717, 1.165) is 12.3 Å². The van der Waals surface area contributed by atoms with Gasteiger partial charge in [-0.15, -0.1) is 0 Å². The average Bonchev–Trinajstić information content (AvgIpc) is 1.88. The molecule has 2 N–H and O–H groups in total.